The van der Waals surface area contributed by atoms with Crippen molar-refractivity contribution in [2.75, 3.05) is 19.6 Å². The van der Waals surface area contributed by atoms with E-state index in [1.165, 1.54) is 31.0 Å². The van der Waals surface area contributed by atoms with Crippen LogP contribution in [0.4, 0.5) is 4.39 Å². The largest absolute Gasteiger partial charge is 0.351 e. The summed E-state index contributed by atoms with van der Waals surface area (Å²) in [6.07, 6.45) is 2.53. The van der Waals surface area contributed by atoms with E-state index >= 15 is 0 Å². The number of thiol groups is 1. The molecule has 0 spiro atoms. The van der Waals surface area contributed by atoms with Gasteiger partial charge in [-0.3, -0.25) is 9.69 Å². The molecule has 1 saturated carbocycles. The summed E-state index contributed by atoms with van der Waals surface area (Å²) < 4.78 is 13.0. The Morgan fingerprint density at radius 2 is 2.26 bits per heavy atom. The second kappa shape index (κ2) is 6.39. The van der Waals surface area contributed by atoms with Gasteiger partial charge in [0.1, 0.15) is 5.82 Å². The van der Waals surface area contributed by atoms with Crippen molar-refractivity contribution < 1.29 is 9.18 Å². The zero-order valence-corrected chi connectivity index (χ0v) is 11.9. The number of benzene rings is 1. The third-order valence-corrected chi connectivity index (χ3v) is 3.71. The Hall–Kier alpha value is -1.07. The molecule has 1 aliphatic carbocycles. The molecule has 0 bridgehead atoms. The minimum atomic E-state index is -0.411. The maximum atomic E-state index is 13.0. The molecule has 0 heterocycles. The smallest absolute Gasteiger partial charge is 0.251 e. The van der Waals surface area contributed by atoms with Crippen molar-refractivity contribution in [2.24, 2.45) is 0 Å². The lowest BCUT2D eigenvalue weighted by atomic mass is 10.2. The first-order valence-corrected chi connectivity index (χ1v) is 7.07. The minimum Gasteiger partial charge on any atom is -0.351 e. The topological polar surface area (TPSA) is 32.3 Å². The fourth-order valence-corrected chi connectivity index (χ4v) is 2.32. The molecule has 2 rings (SSSR count). The molecular formula is C14H19FN2OS. The second-order valence-electron chi connectivity index (χ2n) is 4.78. The number of likely N-dealkylation sites (N-methyl/N-ethyl adjacent to an activating group) is 1. The van der Waals surface area contributed by atoms with Crippen LogP contribution in [0.1, 0.15) is 30.1 Å². The van der Waals surface area contributed by atoms with Gasteiger partial charge in [-0.25, -0.2) is 4.39 Å². The first-order valence-electron chi connectivity index (χ1n) is 6.62. The molecule has 0 atom stereocenters. The Kier molecular flexibility index (Phi) is 4.82. The van der Waals surface area contributed by atoms with Gasteiger partial charge >= 0.3 is 0 Å². The van der Waals surface area contributed by atoms with Crippen LogP contribution < -0.4 is 5.32 Å². The summed E-state index contributed by atoms with van der Waals surface area (Å²) in [6.45, 7) is 4.62. The lowest BCUT2D eigenvalue weighted by molar-refractivity contribution is 0.0947. The highest BCUT2D eigenvalue weighted by Gasteiger charge is 2.27. The fraction of sp³-hybridized carbons (Fsp3) is 0.500. The highest BCUT2D eigenvalue weighted by Crippen LogP contribution is 2.25. The molecule has 5 heteroatoms. The van der Waals surface area contributed by atoms with Gasteiger partial charge in [-0.2, -0.15) is 0 Å². The molecule has 1 fully saturated rings. The number of amides is 1. The zero-order valence-electron chi connectivity index (χ0n) is 11.0. The van der Waals surface area contributed by atoms with Gasteiger partial charge in [0.15, 0.2) is 0 Å². The highest BCUT2D eigenvalue weighted by atomic mass is 32.1. The van der Waals surface area contributed by atoms with Gasteiger partial charge in [-0.1, -0.05) is 6.92 Å². The summed E-state index contributed by atoms with van der Waals surface area (Å²) in [5.41, 5.74) is 0.445. The average molecular weight is 282 g/mol. The van der Waals surface area contributed by atoms with Crippen molar-refractivity contribution in [3.05, 3.63) is 29.6 Å². The Morgan fingerprint density at radius 1 is 1.53 bits per heavy atom. The number of hydrogen-bond acceptors (Lipinski definition) is 3. The predicted molar refractivity (Wildman–Crippen MR) is 76.3 cm³/mol. The van der Waals surface area contributed by atoms with Gasteiger partial charge < -0.3 is 5.32 Å². The minimum absolute atomic E-state index is 0.179. The molecule has 1 aromatic carbocycles. The molecule has 104 valence electrons. The van der Waals surface area contributed by atoms with E-state index in [4.69, 9.17) is 0 Å². The summed E-state index contributed by atoms with van der Waals surface area (Å²) in [5.74, 6) is -0.590. The molecule has 1 N–H and O–H groups in total. The first kappa shape index (κ1) is 14.3. The van der Waals surface area contributed by atoms with E-state index in [9.17, 15) is 9.18 Å². The number of carbonyl (C=O) groups excluding carboxylic acids is 1. The monoisotopic (exact) mass is 282 g/mol. The normalized spacial score (nSPS) is 14.7. The van der Waals surface area contributed by atoms with E-state index in [2.05, 4.69) is 29.8 Å². The molecule has 0 saturated heterocycles. The number of hydrogen-bond donors (Lipinski definition) is 2. The number of halogens is 1. The van der Waals surface area contributed by atoms with Gasteiger partial charge in [0.2, 0.25) is 0 Å². The van der Waals surface area contributed by atoms with Crippen LogP contribution in [-0.4, -0.2) is 36.5 Å². The van der Waals surface area contributed by atoms with Crippen LogP contribution in [0.5, 0.6) is 0 Å². The molecule has 1 amide bonds. The average Bonchev–Trinajstić information content (AvgIpc) is 3.22. The van der Waals surface area contributed by atoms with Crippen LogP contribution in [0.15, 0.2) is 23.1 Å². The predicted octanol–water partition coefficient (Wildman–Crippen LogP) is 2.33. The highest BCUT2D eigenvalue weighted by molar-refractivity contribution is 7.80. The van der Waals surface area contributed by atoms with E-state index < -0.39 is 5.82 Å². The van der Waals surface area contributed by atoms with Crippen LogP contribution in [0.3, 0.4) is 0 Å². The summed E-state index contributed by atoms with van der Waals surface area (Å²) in [7, 11) is 0. The third-order valence-electron chi connectivity index (χ3n) is 3.36. The number of rotatable bonds is 6. The summed E-state index contributed by atoms with van der Waals surface area (Å²) >= 11 is 3.97. The zero-order chi connectivity index (χ0) is 13.8. The van der Waals surface area contributed by atoms with Crippen molar-refractivity contribution in [2.45, 2.75) is 30.7 Å². The summed E-state index contributed by atoms with van der Waals surface area (Å²) in [6, 6.07) is 4.89. The SMILES string of the molecule is CCN(CCNC(=O)c1ccc(F)c(S)c1)C1CC1. The number of nitrogens with one attached hydrogen (secondary N) is 1. The quantitative estimate of drug-likeness (QED) is 0.785. The molecule has 1 aliphatic rings. The summed E-state index contributed by atoms with van der Waals surface area (Å²) in [5, 5.41) is 2.86. The lowest BCUT2D eigenvalue weighted by Gasteiger charge is -2.19. The Morgan fingerprint density at radius 3 is 2.84 bits per heavy atom. The molecule has 0 radical (unpaired) electrons. The lowest BCUT2D eigenvalue weighted by Crippen LogP contribution is -2.36. The molecule has 0 aliphatic heterocycles. The fourth-order valence-electron chi connectivity index (χ4n) is 2.11. The van der Waals surface area contributed by atoms with E-state index in [0.717, 1.165) is 13.1 Å². The van der Waals surface area contributed by atoms with E-state index in [1.54, 1.807) is 0 Å². The van der Waals surface area contributed by atoms with Gasteiger partial charge in [0.05, 0.1) is 0 Å². The van der Waals surface area contributed by atoms with Gasteiger partial charge in [-0.15, -0.1) is 12.6 Å². The van der Waals surface area contributed by atoms with Crippen molar-refractivity contribution in [1.82, 2.24) is 10.2 Å². The molecule has 0 aromatic heterocycles. The third kappa shape index (κ3) is 3.94. The Balaban J connectivity index is 1.81. The van der Waals surface area contributed by atoms with E-state index in [0.29, 0.717) is 18.2 Å². The molecule has 19 heavy (non-hydrogen) atoms. The number of nitrogens with zero attached hydrogens (tertiary/aromatic N) is 1. The van der Waals surface area contributed by atoms with Crippen LogP contribution in [0.25, 0.3) is 0 Å². The Labute approximate surface area is 118 Å². The van der Waals surface area contributed by atoms with Gasteiger partial charge in [0, 0.05) is 29.6 Å². The summed E-state index contributed by atoms with van der Waals surface area (Å²) in [4.78, 5) is 14.4. The Bertz CT molecular complexity index is 463. The van der Waals surface area contributed by atoms with Crippen LogP contribution >= 0.6 is 12.6 Å². The van der Waals surface area contributed by atoms with E-state index in [1.807, 2.05) is 0 Å². The van der Waals surface area contributed by atoms with Crippen molar-refractivity contribution in [1.29, 1.82) is 0 Å². The van der Waals surface area contributed by atoms with Crippen molar-refractivity contribution in [3.63, 3.8) is 0 Å². The maximum Gasteiger partial charge on any atom is 0.251 e. The van der Waals surface area contributed by atoms with E-state index in [-0.39, 0.29) is 10.8 Å². The van der Waals surface area contributed by atoms with Crippen LogP contribution in [0.2, 0.25) is 0 Å². The van der Waals surface area contributed by atoms with Crippen molar-refractivity contribution >= 4 is 18.5 Å². The first-order chi connectivity index (χ1) is 9.11. The van der Waals surface area contributed by atoms with Crippen LogP contribution in [-0.2, 0) is 0 Å². The number of carbonyl (C=O) groups is 1. The molecule has 3 nitrogen and oxygen atoms in total. The van der Waals surface area contributed by atoms with Gasteiger partial charge in [-0.05, 0) is 37.6 Å². The molecule has 1 aromatic rings. The second-order valence-corrected chi connectivity index (χ2v) is 5.26. The molecule has 0 unspecified atom stereocenters. The van der Waals surface area contributed by atoms with Gasteiger partial charge in [0.25, 0.3) is 5.91 Å². The van der Waals surface area contributed by atoms with Crippen molar-refractivity contribution in [3.8, 4) is 0 Å². The van der Waals surface area contributed by atoms with Crippen LogP contribution in [0, 0.1) is 5.82 Å². The standard InChI is InChI=1S/C14H19FN2OS/c1-2-17(11-4-5-11)8-7-16-14(18)10-3-6-12(15)13(19)9-10/h3,6,9,11,19H,2,4-5,7-8H2,1H3,(H,16,18). The maximum absolute atomic E-state index is 13.0. The molecular weight excluding hydrogens is 263 g/mol.